The van der Waals surface area contributed by atoms with Gasteiger partial charge in [0.15, 0.2) is 0 Å². The molecule has 0 aromatic carbocycles. The van der Waals surface area contributed by atoms with Gasteiger partial charge in [0.05, 0.1) is 19.3 Å². The summed E-state index contributed by atoms with van der Waals surface area (Å²) < 4.78 is 11.0. The number of aliphatic hydroxyl groups excluding tert-OH is 1. The van der Waals surface area contributed by atoms with E-state index < -0.39 is 6.10 Å². The number of hydrogen-bond acceptors (Lipinski definition) is 4. The zero-order valence-electron chi connectivity index (χ0n) is 12.6. The Morgan fingerprint density at radius 3 is 2.80 bits per heavy atom. The van der Waals surface area contributed by atoms with Crippen molar-refractivity contribution in [3.05, 3.63) is 12.2 Å². The maximum absolute atomic E-state index is 9.94. The number of hydrogen-bond donors (Lipinski definition) is 2. The summed E-state index contributed by atoms with van der Waals surface area (Å²) in [5.41, 5.74) is 0. The minimum Gasteiger partial charge on any atom is -0.389 e. The maximum Gasteiger partial charge on any atom is 0.0897 e. The Kier molecular flexibility index (Phi) is 7.00. The summed E-state index contributed by atoms with van der Waals surface area (Å²) in [7, 11) is 0. The Hall–Kier alpha value is -0.420. The largest absolute Gasteiger partial charge is 0.389 e. The standard InChI is InChI=1S/C16H29NO3/c1-13-4-2-3-5-14(13)11-20-12-16(18)10-17-15-6-8-19-9-7-15/h2-3,13-18H,4-12H2,1H3. The van der Waals surface area contributed by atoms with Crippen molar-refractivity contribution in [3.63, 3.8) is 0 Å². The number of aliphatic hydroxyl groups is 1. The van der Waals surface area contributed by atoms with Crippen molar-refractivity contribution in [2.45, 2.75) is 44.8 Å². The summed E-state index contributed by atoms with van der Waals surface area (Å²) in [6, 6.07) is 0.488. The fourth-order valence-electron chi connectivity index (χ4n) is 2.86. The summed E-state index contributed by atoms with van der Waals surface area (Å²) in [4.78, 5) is 0. The number of rotatable bonds is 7. The topological polar surface area (TPSA) is 50.7 Å². The van der Waals surface area contributed by atoms with Gasteiger partial charge in [0.2, 0.25) is 0 Å². The van der Waals surface area contributed by atoms with Gasteiger partial charge in [-0.05, 0) is 37.5 Å². The average molecular weight is 283 g/mol. The lowest BCUT2D eigenvalue weighted by molar-refractivity contribution is 0.00900. The van der Waals surface area contributed by atoms with Crippen LogP contribution in [0.25, 0.3) is 0 Å². The van der Waals surface area contributed by atoms with E-state index in [1.165, 1.54) is 0 Å². The molecule has 3 atom stereocenters. The quantitative estimate of drug-likeness (QED) is 0.699. The van der Waals surface area contributed by atoms with Gasteiger partial charge in [-0.1, -0.05) is 19.1 Å². The van der Waals surface area contributed by atoms with E-state index >= 15 is 0 Å². The second-order valence-corrected chi connectivity index (χ2v) is 6.17. The summed E-state index contributed by atoms with van der Waals surface area (Å²) in [6.07, 6.45) is 8.44. The predicted molar refractivity (Wildman–Crippen MR) is 79.7 cm³/mol. The molecule has 0 amide bonds. The van der Waals surface area contributed by atoms with Gasteiger partial charge in [0.1, 0.15) is 0 Å². The van der Waals surface area contributed by atoms with Gasteiger partial charge >= 0.3 is 0 Å². The van der Waals surface area contributed by atoms with Gasteiger partial charge in [-0.25, -0.2) is 0 Å². The molecule has 0 bridgehead atoms. The van der Waals surface area contributed by atoms with Crippen molar-refractivity contribution >= 4 is 0 Å². The van der Waals surface area contributed by atoms with Crippen LogP contribution in [0.2, 0.25) is 0 Å². The van der Waals surface area contributed by atoms with Crippen molar-refractivity contribution in [2.75, 3.05) is 33.0 Å². The van der Waals surface area contributed by atoms with E-state index in [9.17, 15) is 5.11 Å². The molecule has 2 N–H and O–H groups in total. The Morgan fingerprint density at radius 1 is 1.30 bits per heavy atom. The summed E-state index contributed by atoms with van der Waals surface area (Å²) in [5, 5.41) is 13.3. The van der Waals surface area contributed by atoms with Crippen LogP contribution >= 0.6 is 0 Å². The van der Waals surface area contributed by atoms with Crippen LogP contribution in [0.1, 0.15) is 32.6 Å². The summed E-state index contributed by atoms with van der Waals surface area (Å²) in [5.74, 6) is 1.30. The first-order valence-corrected chi connectivity index (χ1v) is 7.97. The Balaban J connectivity index is 1.53. The van der Waals surface area contributed by atoms with E-state index in [1.807, 2.05) is 0 Å². The molecule has 3 unspecified atom stereocenters. The van der Waals surface area contributed by atoms with Crippen molar-refractivity contribution in [3.8, 4) is 0 Å². The van der Waals surface area contributed by atoms with E-state index in [0.29, 0.717) is 31.0 Å². The van der Waals surface area contributed by atoms with Gasteiger partial charge in [0.25, 0.3) is 0 Å². The number of ether oxygens (including phenoxy) is 2. The highest BCUT2D eigenvalue weighted by atomic mass is 16.5. The van der Waals surface area contributed by atoms with Crippen molar-refractivity contribution in [1.82, 2.24) is 5.32 Å². The van der Waals surface area contributed by atoms with Crippen LogP contribution in [0.3, 0.4) is 0 Å². The molecule has 0 aromatic rings. The molecule has 4 heteroatoms. The lowest BCUT2D eigenvalue weighted by atomic mass is 9.85. The molecule has 0 saturated carbocycles. The minimum absolute atomic E-state index is 0.410. The highest BCUT2D eigenvalue weighted by Crippen LogP contribution is 2.24. The van der Waals surface area contributed by atoms with E-state index in [2.05, 4.69) is 24.4 Å². The molecule has 1 aliphatic heterocycles. The zero-order chi connectivity index (χ0) is 14.2. The molecule has 1 heterocycles. The van der Waals surface area contributed by atoms with Gasteiger partial charge in [-0.3, -0.25) is 0 Å². The molecule has 0 aromatic heterocycles. The van der Waals surface area contributed by atoms with Crippen LogP contribution in [0.4, 0.5) is 0 Å². The van der Waals surface area contributed by atoms with E-state index in [-0.39, 0.29) is 0 Å². The Bertz CT molecular complexity index is 289. The maximum atomic E-state index is 9.94. The van der Waals surface area contributed by atoms with E-state index in [4.69, 9.17) is 9.47 Å². The summed E-state index contributed by atoms with van der Waals surface area (Å²) >= 11 is 0. The summed E-state index contributed by atoms with van der Waals surface area (Å²) in [6.45, 7) is 5.75. The van der Waals surface area contributed by atoms with Crippen LogP contribution in [0.5, 0.6) is 0 Å². The van der Waals surface area contributed by atoms with E-state index in [1.54, 1.807) is 0 Å². The van der Waals surface area contributed by atoms with Gasteiger partial charge < -0.3 is 19.9 Å². The second-order valence-electron chi connectivity index (χ2n) is 6.17. The monoisotopic (exact) mass is 283 g/mol. The lowest BCUT2D eigenvalue weighted by Gasteiger charge is -2.26. The zero-order valence-corrected chi connectivity index (χ0v) is 12.6. The normalized spacial score (nSPS) is 29.5. The first-order chi connectivity index (χ1) is 9.75. The van der Waals surface area contributed by atoms with Crippen LogP contribution in [-0.2, 0) is 9.47 Å². The molecule has 20 heavy (non-hydrogen) atoms. The van der Waals surface area contributed by atoms with Gasteiger partial charge in [0, 0.05) is 25.8 Å². The molecule has 0 spiro atoms. The molecule has 1 fully saturated rings. The number of nitrogens with one attached hydrogen (secondary N) is 1. The van der Waals surface area contributed by atoms with Crippen molar-refractivity contribution < 1.29 is 14.6 Å². The molecular formula is C16H29NO3. The first-order valence-electron chi connectivity index (χ1n) is 7.97. The third-order valence-electron chi connectivity index (χ3n) is 4.42. The van der Waals surface area contributed by atoms with Crippen LogP contribution in [-0.4, -0.2) is 50.2 Å². The smallest absolute Gasteiger partial charge is 0.0897 e. The third-order valence-corrected chi connectivity index (χ3v) is 4.42. The van der Waals surface area contributed by atoms with Crippen molar-refractivity contribution in [2.24, 2.45) is 11.8 Å². The fraction of sp³-hybridized carbons (Fsp3) is 0.875. The van der Waals surface area contributed by atoms with Gasteiger partial charge in [-0.15, -0.1) is 0 Å². The molecule has 2 aliphatic rings. The highest BCUT2D eigenvalue weighted by Gasteiger charge is 2.19. The number of allylic oxidation sites excluding steroid dienone is 2. The first kappa shape index (κ1) is 16.0. The highest BCUT2D eigenvalue weighted by molar-refractivity contribution is 4.93. The van der Waals surface area contributed by atoms with Crippen LogP contribution in [0.15, 0.2) is 12.2 Å². The Morgan fingerprint density at radius 2 is 2.05 bits per heavy atom. The molecule has 1 aliphatic carbocycles. The molecule has 1 saturated heterocycles. The Labute approximate surface area is 122 Å². The molecule has 2 rings (SSSR count). The lowest BCUT2D eigenvalue weighted by Crippen LogP contribution is -2.40. The fourth-order valence-corrected chi connectivity index (χ4v) is 2.86. The third kappa shape index (κ3) is 5.52. The predicted octanol–water partition coefficient (Wildman–Crippen LogP) is 1.73. The SMILES string of the molecule is CC1CC=CCC1COCC(O)CNC1CCOCC1. The average Bonchev–Trinajstić information content (AvgIpc) is 2.48. The van der Waals surface area contributed by atoms with Gasteiger partial charge in [-0.2, -0.15) is 0 Å². The van der Waals surface area contributed by atoms with E-state index in [0.717, 1.165) is 45.5 Å². The molecular weight excluding hydrogens is 254 g/mol. The minimum atomic E-state index is -0.410. The molecule has 116 valence electrons. The van der Waals surface area contributed by atoms with Crippen molar-refractivity contribution in [1.29, 1.82) is 0 Å². The second kappa shape index (κ2) is 8.78. The molecule has 4 nitrogen and oxygen atoms in total. The van der Waals surface area contributed by atoms with Crippen LogP contribution < -0.4 is 5.32 Å². The molecule has 0 radical (unpaired) electrons. The van der Waals surface area contributed by atoms with Crippen LogP contribution in [0, 0.1) is 11.8 Å².